The molecule has 0 radical (unpaired) electrons. The summed E-state index contributed by atoms with van der Waals surface area (Å²) in [6.07, 6.45) is 5.67. The van der Waals surface area contributed by atoms with Crippen LogP contribution in [0.2, 0.25) is 0 Å². The molecule has 1 unspecified atom stereocenters. The van der Waals surface area contributed by atoms with Gasteiger partial charge in [-0.1, -0.05) is 6.92 Å². The number of anilines is 1. The van der Waals surface area contributed by atoms with Gasteiger partial charge in [0.1, 0.15) is 0 Å². The first-order valence-electron chi connectivity index (χ1n) is 6.20. The van der Waals surface area contributed by atoms with Gasteiger partial charge >= 0.3 is 0 Å². The molecule has 0 fully saturated rings. The van der Waals surface area contributed by atoms with Crippen LogP contribution in [0.25, 0.3) is 0 Å². The molecule has 0 aliphatic carbocycles. The maximum atomic E-state index is 5.94. The standard InChI is InChI=1S/C13H24N4/c1-4-16-12(6-8-17(2)3)9-11-10-15-7-5-13(11)14/h5,7,10,12,16H,4,6,8-9H2,1-3H3,(H2,14,15). The Bertz CT molecular complexity index is 325. The van der Waals surface area contributed by atoms with E-state index in [2.05, 4.69) is 36.2 Å². The number of pyridine rings is 1. The van der Waals surface area contributed by atoms with E-state index in [9.17, 15) is 0 Å². The van der Waals surface area contributed by atoms with Crippen LogP contribution < -0.4 is 11.1 Å². The molecule has 0 spiro atoms. The summed E-state index contributed by atoms with van der Waals surface area (Å²) in [5.74, 6) is 0. The molecule has 0 saturated carbocycles. The number of aromatic nitrogens is 1. The molecule has 0 aliphatic heterocycles. The normalized spacial score (nSPS) is 12.9. The molecule has 0 amide bonds. The zero-order chi connectivity index (χ0) is 12.7. The maximum Gasteiger partial charge on any atom is 0.0378 e. The molecule has 0 aliphatic rings. The quantitative estimate of drug-likeness (QED) is 0.745. The highest BCUT2D eigenvalue weighted by atomic mass is 15.1. The lowest BCUT2D eigenvalue weighted by molar-refractivity contribution is 0.358. The maximum absolute atomic E-state index is 5.94. The van der Waals surface area contributed by atoms with Gasteiger partial charge in [-0.15, -0.1) is 0 Å². The summed E-state index contributed by atoms with van der Waals surface area (Å²) in [6, 6.07) is 2.33. The predicted octanol–water partition coefficient (Wildman–Crippen LogP) is 1.14. The Morgan fingerprint density at radius 2 is 2.24 bits per heavy atom. The van der Waals surface area contributed by atoms with Gasteiger partial charge in [-0.3, -0.25) is 4.98 Å². The molecule has 1 aromatic rings. The number of nitrogens with zero attached hydrogens (tertiary/aromatic N) is 2. The van der Waals surface area contributed by atoms with Crippen LogP contribution in [-0.2, 0) is 6.42 Å². The van der Waals surface area contributed by atoms with Crippen molar-refractivity contribution in [1.82, 2.24) is 15.2 Å². The summed E-state index contributed by atoms with van der Waals surface area (Å²) in [6.45, 7) is 4.20. The van der Waals surface area contributed by atoms with Crippen molar-refractivity contribution in [3.63, 3.8) is 0 Å². The Kier molecular flexibility index (Phi) is 5.94. The second kappa shape index (κ2) is 7.25. The largest absolute Gasteiger partial charge is 0.398 e. The lowest BCUT2D eigenvalue weighted by Crippen LogP contribution is -2.34. The number of hydrogen-bond donors (Lipinski definition) is 2. The first-order chi connectivity index (χ1) is 8.13. The van der Waals surface area contributed by atoms with Gasteiger partial charge in [0.05, 0.1) is 0 Å². The minimum absolute atomic E-state index is 0.467. The summed E-state index contributed by atoms with van der Waals surface area (Å²) in [7, 11) is 4.20. The first kappa shape index (κ1) is 13.9. The fourth-order valence-corrected chi connectivity index (χ4v) is 1.85. The molecule has 0 saturated heterocycles. The summed E-state index contributed by atoms with van der Waals surface area (Å²) >= 11 is 0. The predicted molar refractivity (Wildman–Crippen MR) is 73.0 cm³/mol. The van der Waals surface area contributed by atoms with Gasteiger partial charge in [-0.05, 0) is 51.7 Å². The van der Waals surface area contributed by atoms with E-state index < -0.39 is 0 Å². The van der Waals surface area contributed by atoms with E-state index in [4.69, 9.17) is 5.73 Å². The van der Waals surface area contributed by atoms with Gasteiger partial charge in [0.15, 0.2) is 0 Å². The number of rotatable bonds is 7. The van der Waals surface area contributed by atoms with Crippen LogP contribution in [0.5, 0.6) is 0 Å². The van der Waals surface area contributed by atoms with Crippen LogP contribution in [0, 0.1) is 0 Å². The molecule has 1 aromatic heterocycles. The number of likely N-dealkylation sites (N-methyl/N-ethyl adjacent to an activating group) is 1. The van der Waals surface area contributed by atoms with Gasteiger partial charge in [-0.25, -0.2) is 0 Å². The van der Waals surface area contributed by atoms with Crippen molar-refractivity contribution in [2.75, 3.05) is 32.9 Å². The van der Waals surface area contributed by atoms with E-state index in [1.807, 2.05) is 12.3 Å². The number of nitrogens with two attached hydrogens (primary N) is 1. The number of nitrogens with one attached hydrogen (secondary N) is 1. The molecule has 0 aromatic carbocycles. The Hall–Kier alpha value is -1.13. The lowest BCUT2D eigenvalue weighted by atomic mass is 10.0. The Balaban J connectivity index is 2.56. The van der Waals surface area contributed by atoms with Gasteiger partial charge in [-0.2, -0.15) is 0 Å². The second-order valence-electron chi connectivity index (χ2n) is 4.63. The van der Waals surface area contributed by atoms with E-state index in [1.165, 1.54) is 0 Å². The van der Waals surface area contributed by atoms with E-state index in [0.29, 0.717) is 6.04 Å². The zero-order valence-corrected chi connectivity index (χ0v) is 11.1. The van der Waals surface area contributed by atoms with Crippen LogP contribution in [0.4, 0.5) is 5.69 Å². The molecule has 96 valence electrons. The molecule has 3 N–H and O–H groups in total. The third-order valence-corrected chi connectivity index (χ3v) is 2.83. The average Bonchev–Trinajstić information content (AvgIpc) is 2.29. The highest BCUT2D eigenvalue weighted by Crippen LogP contribution is 2.12. The van der Waals surface area contributed by atoms with Gasteiger partial charge in [0, 0.05) is 24.1 Å². The molecule has 1 rings (SSSR count). The van der Waals surface area contributed by atoms with Gasteiger partial charge in [0.25, 0.3) is 0 Å². The summed E-state index contributed by atoms with van der Waals surface area (Å²) in [5.41, 5.74) is 7.92. The van der Waals surface area contributed by atoms with Crippen molar-refractivity contribution in [2.24, 2.45) is 0 Å². The van der Waals surface area contributed by atoms with Crippen molar-refractivity contribution >= 4 is 5.69 Å². The lowest BCUT2D eigenvalue weighted by Gasteiger charge is -2.20. The molecule has 4 nitrogen and oxygen atoms in total. The van der Waals surface area contributed by atoms with E-state index >= 15 is 0 Å². The van der Waals surface area contributed by atoms with Gasteiger partial charge in [0.2, 0.25) is 0 Å². The van der Waals surface area contributed by atoms with Crippen molar-refractivity contribution < 1.29 is 0 Å². The smallest absolute Gasteiger partial charge is 0.0378 e. The topological polar surface area (TPSA) is 54.2 Å². The molecular weight excluding hydrogens is 212 g/mol. The van der Waals surface area contributed by atoms with Crippen LogP contribution in [0.1, 0.15) is 18.9 Å². The molecule has 17 heavy (non-hydrogen) atoms. The first-order valence-corrected chi connectivity index (χ1v) is 6.20. The van der Waals surface area contributed by atoms with Crippen molar-refractivity contribution in [1.29, 1.82) is 0 Å². The molecular formula is C13H24N4. The Morgan fingerprint density at radius 3 is 2.82 bits per heavy atom. The number of nitrogen functional groups attached to an aromatic ring is 1. The fraction of sp³-hybridized carbons (Fsp3) is 0.615. The second-order valence-corrected chi connectivity index (χ2v) is 4.63. The van der Waals surface area contributed by atoms with Crippen LogP contribution in [0.15, 0.2) is 18.5 Å². The zero-order valence-electron chi connectivity index (χ0n) is 11.1. The SMILES string of the molecule is CCNC(CCN(C)C)Cc1cnccc1N. The summed E-state index contributed by atoms with van der Waals surface area (Å²) < 4.78 is 0. The monoisotopic (exact) mass is 236 g/mol. The van der Waals surface area contributed by atoms with Crippen LogP contribution in [0.3, 0.4) is 0 Å². The van der Waals surface area contributed by atoms with Crippen molar-refractivity contribution in [2.45, 2.75) is 25.8 Å². The Labute approximate surface area is 104 Å². The van der Waals surface area contributed by atoms with Crippen molar-refractivity contribution in [3.8, 4) is 0 Å². The van der Waals surface area contributed by atoms with E-state index in [-0.39, 0.29) is 0 Å². The third-order valence-electron chi connectivity index (χ3n) is 2.83. The third kappa shape index (κ3) is 5.15. The minimum atomic E-state index is 0.467. The molecule has 1 atom stereocenters. The molecule has 0 bridgehead atoms. The minimum Gasteiger partial charge on any atom is -0.398 e. The summed E-state index contributed by atoms with van der Waals surface area (Å²) in [4.78, 5) is 6.34. The average molecular weight is 236 g/mol. The van der Waals surface area contributed by atoms with Crippen LogP contribution in [-0.4, -0.2) is 43.1 Å². The van der Waals surface area contributed by atoms with E-state index in [1.54, 1.807) is 6.20 Å². The molecule has 1 heterocycles. The van der Waals surface area contributed by atoms with Crippen LogP contribution >= 0.6 is 0 Å². The highest BCUT2D eigenvalue weighted by molar-refractivity contribution is 5.44. The summed E-state index contributed by atoms with van der Waals surface area (Å²) in [5, 5.41) is 3.50. The van der Waals surface area contributed by atoms with E-state index in [0.717, 1.165) is 37.2 Å². The van der Waals surface area contributed by atoms with Crippen molar-refractivity contribution in [3.05, 3.63) is 24.0 Å². The fourth-order valence-electron chi connectivity index (χ4n) is 1.85. The molecule has 4 heteroatoms. The van der Waals surface area contributed by atoms with Gasteiger partial charge < -0.3 is 16.0 Å². The highest BCUT2D eigenvalue weighted by Gasteiger charge is 2.10. The number of hydrogen-bond acceptors (Lipinski definition) is 4. The Morgan fingerprint density at radius 1 is 1.47 bits per heavy atom.